The van der Waals surface area contributed by atoms with Gasteiger partial charge in [0.15, 0.2) is 19.3 Å². The summed E-state index contributed by atoms with van der Waals surface area (Å²) in [5.41, 5.74) is 0.566. The molecule has 154 valence electrons. The summed E-state index contributed by atoms with van der Waals surface area (Å²) < 4.78 is 18.5. The number of carbonyl (C=O) groups is 2. The number of hydrogen-bond acceptors (Lipinski definition) is 4. The summed E-state index contributed by atoms with van der Waals surface area (Å²) in [6.45, 7) is 1.70. The van der Waals surface area contributed by atoms with Gasteiger partial charge in [0.1, 0.15) is 0 Å². The molecule has 0 bridgehead atoms. The third-order valence-corrected chi connectivity index (χ3v) is 7.30. The molecule has 8 heteroatoms. The van der Waals surface area contributed by atoms with Crippen molar-refractivity contribution in [3.05, 3.63) is 91.9 Å². The van der Waals surface area contributed by atoms with Crippen molar-refractivity contribution in [1.29, 1.82) is 0 Å². The maximum atomic E-state index is 13.2. The average molecular weight is 482 g/mol. The number of methoxy groups -OCH3 is 1. The van der Waals surface area contributed by atoms with Gasteiger partial charge in [0, 0.05) is 16.7 Å². The largest absolute Gasteiger partial charge is 0.494 e. The quantitative estimate of drug-likeness (QED) is 0.310. The van der Waals surface area contributed by atoms with Crippen molar-refractivity contribution in [2.45, 2.75) is 6.92 Å². The van der Waals surface area contributed by atoms with Crippen LogP contribution in [0.5, 0.6) is 5.75 Å². The first-order chi connectivity index (χ1) is 14.3. The Morgan fingerprint density at radius 2 is 1.60 bits per heavy atom. The number of ether oxygens (including phenoxy) is 1. The molecule has 0 radical (unpaired) electrons. The number of benzene rings is 3. The summed E-state index contributed by atoms with van der Waals surface area (Å²) in [5, 5.41) is 0.0452. The van der Waals surface area contributed by atoms with Crippen LogP contribution < -0.4 is 10.0 Å². The van der Waals surface area contributed by atoms with Crippen LogP contribution in [0.25, 0.3) is 0 Å². The molecule has 0 saturated heterocycles. The number of carbonyl (C=O) groups excluding carboxylic acids is 2. The van der Waals surface area contributed by atoms with Crippen molar-refractivity contribution >= 4 is 59.2 Å². The molecule has 0 spiro atoms. The molecule has 0 aliphatic carbocycles. The van der Waals surface area contributed by atoms with E-state index in [9.17, 15) is 14.2 Å². The van der Waals surface area contributed by atoms with Crippen LogP contribution in [-0.4, -0.2) is 18.4 Å². The molecule has 0 amide bonds. The van der Waals surface area contributed by atoms with Gasteiger partial charge >= 0.3 is 0 Å². The number of hydrogen-bond donors (Lipinski definition) is 0. The molecule has 30 heavy (non-hydrogen) atoms. The lowest BCUT2D eigenvalue weighted by molar-refractivity contribution is 0.103. The molecule has 0 aliphatic rings. The first kappa shape index (κ1) is 22.6. The van der Waals surface area contributed by atoms with E-state index in [0.717, 1.165) is 0 Å². The lowest BCUT2D eigenvalue weighted by atomic mass is 10.0. The molecule has 3 aromatic carbocycles. The third kappa shape index (κ3) is 4.19. The second-order valence-electron chi connectivity index (χ2n) is 6.41. The molecule has 0 heterocycles. The van der Waals surface area contributed by atoms with E-state index in [4.69, 9.17) is 39.5 Å². The zero-order valence-corrected chi connectivity index (χ0v) is 19.2. The van der Waals surface area contributed by atoms with Crippen molar-refractivity contribution < 1.29 is 18.9 Å². The Balaban J connectivity index is 2.12. The van der Waals surface area contributed by atoms with Crippen LogP contribution in [0.4, 0.5) is 0 Å². The van der Waals surface area contributed by atoms with Gasteiger partial charge in [-0.15, -0.1) is 0 Å². The maximum absolute atomic E-state index is 13.2. The van der Waals surface area contributed by atoms with Crippen molar-refractivity contribution in [2.24, 2.45) is 0 Å². The smallest absolute Gasteiger partial charge is 0.224 e. The number of halogens is 3. The van der Waals surface area contributed by atoms with E-state index < -0.39 is 13.3 Å². The maximum Gasteiger partial charge on any atom is 0.224 e. The van der Waals surface area contributed by atoms with Crippen LogP contribution >= 0.6 is 42.6 Å². The first-order valence-corrected chi connectivity index (χ1v) is 11.3. The van der Waals surface area contributed by atoms with Gasteiger partial charge in [-0.25, -0.2) is 0 Å². The van der Waals surface area contributed by atoms with Crippen LogP contribution in [0.15, 0.2) is 54.6 Å². The van der Waals surface area contributed by atoms with Crippen LogP contribution in [0.2, 0.25) is 15.1 Å². The minimum Gasteiger partial charge on any atom is -0.494 e. The minimum absolute atomic E-state index is 0.0388. The Morgan fingerprint density at radius 1 is 0.933 bits per heavy atom. The van der Waals surface area contributed by atoms with Gasteiger partial charge in [-0.2, -0.15) is 0 Å². The monoisotopic (exact) mass is 480 g/mol. The van der Waals surface area contributed by atoms with Gasteiger partial charge < -0.3 is 9.30 Å². The lowest BCUT2D eigenvalue weighted by Crippen LogP contribution is -2.14. The number of aryl methyl sites for hydroxylation is 1. The van der Waals surface area contributed by atoms with Crippen LogP contribution in [0.1, 0.15) is 31.8 Å². The SMILES string of the molecule is COc1c(Cl)c(C(=O)c2ccccc2)cc(Cl)c1[PH](=O)C(=O)c1c(C)cccc1Cl. The molecule has 0 aliphatic heterocycles. The fourth-order valence-electron chi connectivity index (χ4n) is 3.06. The Hall–Kier alpha value is -2.10. The Labute approximate surface area is 189 Å². The highest BCUT2D eigenvalue weighted by Crippen LogP contribution is 2.41. The van der Waals surface area contributed by atoms with Gasteiger partial charge in [-0.3, -0.25) is 9.59 Å². The predicted molar refractivity (Wildman–Crippen MR) is 122 cm³/mol. The zero-order valence-electron chi connectivity index (χ0n) is 16.0. The van der Waals surface area contributed by atoms with Crippen molar-refractivity contribution in [1.82, 2.24) is 0 Å². The molecule has 1 unspecified atom stereocenters. The lowest BCUT2D eigenvalue weighted by Gasteiger charge is -2.16. The third-order valence-electron chi connectivity index (χ3n) is 4.54. The summed E-state index contributed by atoms with van der Waals surface area (Å²) >= 11 is 19.0. The molecule has 3 rings (SSSR count). The van der Waals surface area contributed by atoms with Gasteiger partial charge in [-0.1, -0.05) is 77.3 Å². The van der Waals surface area contributed by atoms with E-state index in [2.05, 4.69) is 0 Å². The highest BCUT2D eigenvalue weighted by Gasteiger charge is 2.29. The summed E-state index contributed by atoms with van der Waals surface area (Å²) in [4.78, 5) is 25.8. The van der Waals surface area contributed by atoms with E-state index in [1.807, 2.05) is 0 Å². The van der Waals surface area contributed by atoms with E-state index >= 15 is 0 Å². The molecule has 0 aromatic heterocycles. The Kier molecular flexibility index (Phi) is 7.05. The number of ketones is 1. The fourth-order valence-corrected chi connectivity index (χ4v) is 5.80. The summed E-state index contributed by atoms with van der Waals surface area (Å²) in [5.74, 6) is -0.439. The molecule has 4 nitrogen and oxygen atoms in total. The zero-order chi connectivity index (χ0) is 22.0. The predicted octanol–water partition coefficient (Wildman–Crippen LogP) is 6.22. The van der Waals surface area contributed by atoms with Crippen LogP contribution in [0, 0.1) is 6.92 Å². The molecule has 0 saturated carbocycles. The summed E-state index contributed by atoms with van der Waals surface area (Å²) in [7, 11) is -1.86. The highest BCUT2D eigenvalue weighted by molar-refractivity contribution is 7.72. The standard InChI is InChI=1S/C22H16Cl3O4P/c1-12-7-6-10-15(23)17(12)22(27)30(28)21-16(24)11-14(18(25)20(21)29-2)19(26)13-8-4-3-5-9-13/h3-11,30H,1-2H3. The second kappa shape index (κ2) is 9.36. The van der Waals surface area contributed by atoms with E-state index in [1.165, 1.54) is 13.2 Å². The molecule has 0 N–H and O–H groups in total. The Morgan fingerprint density at radius 3 is 2.20 bits per heavy atom. The van der Waals surface area contributed by atoms with Gasteiger partial charge in [0.2, 0.25) is 5.52 Å². The fraction of sp³-hybridized carbons (Fsp3) is 0.0909. The summed E-state index contributed by atoms with van der Waals surface area (Å²) in [6, 6.07) is 14.7. The van der Waals surface area contributed by atoms with Gasteiger partial charge in [0.05, 0.1) is 27.5 Å². The minimum atomic E-state index is -3.17. The summed E-state index contributed by atoms with van der Waals surface area (Å²) in [6.07, 6.45) is 0. The highest BCUT2D eigenvalue weighted by atomic mass is 35.5. The van der Waals surface area contributed by atoms with E-state index in [-0.39, 0.29) is 43.0 Å². The van der Waals surface area contributed by atoms with Crippen LogP contribution in [0.3, 0.4) is 0 Å². The van der Waals surface area contributed by atoms with Gasteiger partial charge in [-0.05, 0) is 24.6 Å². The van der Waals surface area contributed by atoms with Gasteiger partial charge in [0.25, 0.3) is 0 Å². The topological polar surface area (TPSA) is 60.4 Å². The normalized spacial score (nSPS) is 11.8. The molecular weight excluding hydrogens is 466 g/mol. The average Bonchev–Trinajstić information content (AvgIpc) is 2.74. The molecule has 0 fully saturated rings. The molecular formula is C22H16Cl3O4P. The second-order valence-corrected chi connectivity index (χ2v) is 9.22. The Bertz CT molecular complexity index is 1160. The first-order valence-electron chi connectivity index (χ1n) is 8.77. The molecule has 3 aromatic rings. The molecule has 1 atom stereocenters. The van der Waals surface area contributed by atoms with Crippen molar-refractivity contribution in [2.75, 3.05) is 7.11 Å². The number of rotatable bonds is 6. The van der Waals surface area contributed by atoms with Crippen molar-refractivity contribution in [3.8, 4) is 5.75 Å². The van der Waals surface area contributed by atoms with Crippen LogP contribution in [-0.2, 0) is 4.57 Å². The van der Waals surface area contributed by atoms with E-state index in [0.29, 0.717) is 11.1 Å². The van der Waals surface area contributed by atoms with E-state index in [1.54, 1.807) is 55.5 Å². The van der Waals surface area contributed by atoms with Crippen molar-refractivity contribution in [3.63, 3.8) is 0 Å².